The van der Waals surface area contributed by atoms with Crippen molar-refractivity contribution in [3.8, 4) is 0 Å². The van der Waals surface area contributed by atoms with E-state index >= 15 is 0 Å². The van der Waals surface area contributed by atoms with E-state index in [1.54, 1.807) is 33.9 Å². The van der Waals surface area contributed by atoms with E-state index < -0.39 is 18.0 Å². The first-order valence-electron chi connectivity index (χ1n) is 12.4. The largest absolute Gasteiger partial charge is 0.396 e. The minimum absolute atomic E-state index is 0.0472. The molecule has 2 aromatic rings. The minimum Gasteiger partial charge on any atom is -0.396 e. The molecule has 1 saturated heterocycles. The van der Waals surface area contributed by atoms with Crippen molar-refractivity contribution >= 4 is 17.9 Å². The van der Waals surface area contributed by atoms with Crippen LogP contribution in [0.5, 0.6) is 0 Å². The molecule has 1 aliphatic carbocycles. The molecule has 0 radical (unpaired) electrons. The number of allylic oxidation sites excluding steroid dienone is 1. The van der Waals surface area contributed by atoms with Crippen molar-refractivity contribution in [1.82, 2.24) is 24.8 Å². The van der Waals surface area contributed by atoms with Gasteiger partial charge in [-0.25, -0.2) is 9.97 Å². The fourth-order valence-corrected chi connectivity index (χ4v) is 6.14. The van der Waals surface area contributed by atoms with Gasteiger partial charge in [0.25, 0.3) is 5.56 Å². The third kappa shape index (κ3) is 4.07. The number of carbonyl (C=O) groups excluding carboxylic acids is 2. The summed E-state index contributed by atoms with van der Waals surface area (Å²) in [5.74, 6) is -1.17. The van der Waals surface area contributed by atoms with Gasteiger partial charge in [-0.05, 0) is 38.0 Å². The van der Waals surface area contributed by atoms with Crippen molar-refractivity contribution in [2.24, 2.45) is 17.8 Å². The van der Waals surface area contributed by atoms with Crippen molar-refractivity contribution in [2.45, 2.75) is 57.8 Å². The number of amides is 2. The first-order chi connectivity index (χ1) is 17.0. The van der Waals surface area contributed by atoms with Gasteiger partial charge in [0.1, 0.15) is 12.4 Å². The Morgan fingerprint density at radius 3 is 2.71 bits per heavy atom. The van der Waals surface area contributed by atoms with Gasteiger partial charge in [-0.2, -0.15) is 0 Å². The summed E-state index contributed by atoms with van der Waals surface area (Å²) in [6.07, 6.45) is 10.2. The molecule has 5 rings (SSSR count). The molecule has 0 spiro atoms. The molecule has 2 N–H and O–H groups in total. The summed E-state index contributed by atoms with van der Waals surface area (Å²) >= 11 is 0. The number of nitrogens with zero attached hydrogens (tertiary/aromatic N) is 4. The van der Waals surface area contributed by atoms with Crippen LogP contribution in [-0.4, -0.2) is 49.0 Å². The van der Waals surface area contributed by atoms with Gasteiger partial charge in [0.2, 0.25) is 11.8 Å². The van der Waals surface area contributed by atoms with Crippen molar-refractivity contribution in [3.05, 3.63) is 64.1 Å². The molecule has 0 aromatic carbocycles. The zero-order chi connectivity index (χ0) is 24.5. The van der Waals surface area contributed by atoms with E-state index in [0.717, 1.165) is 31.4 Å². The van der Waals surface area contributed by atoms with Crippen LogP contribution in [0, 0.1) is 17.8 Å². The van der Waals surface area contributed by atoms with Crippen LogP contribution in [-0.2, 0) is 22.7 Å². The van der Waals surface area contributed by atoms with Gasteiger partial charge in [0, 0.05) is 48.4 Å². The Labute approximate surface area is 203 Å². The molecule has 9 nitrogen and oxygen atoms in total. The monoisotopic (exact) mass is 477 g/mol. The summed E-state index contributed by atoms with van der Waals surface area (Å²) in [5.41, 5.74) is 1.88. The summed E-state index contributed by atoms with van der Waals surface area (Å²) in [6, 6.07) is 4.18. The van der Waals surface area contributed by atoms with Gasteiger partial charge < -0.3 is 19.9 Å². The van der Waals surface area contributed by atoms with Gasteiger partial charge >= 0.3 is 0 Å². The van der Waals surface area contributed by atoms with Crippen LogP contribution in [0.2, 0.25) is 0 Å². The van der Waals surface area contributed by atoms with Gasteiger partial charge in [0.15, 0.2) is 0 Å². The van der Waals surface area contributed by atoms with E-state index in [4.69, 9.17) is 0 Å². The molecule has 2 aliphatic heterocycles. The first kappa shape index (κ1) is 23.4. The summed E-state index contributed by atoms with van der Waals surface area (Å²) < 4.78 is 1.72. The molecule has 2 amide bonds. The van der Waals surface area contributed by atoms with E-state index in [1.165, 1.54) is 6.33 Å². The zero-order valence-electron chi connectivity index (χ0n) is 19.8. The van der Waals surface area contributed by atoms with Crippen LogP contribution >= 0.6 is 0 Å². The summed E-state index contributed by atoms with van der Waals surface area (Å²) in [5, 5.41) is 13.4. The maximum absolute atomic E-state index is 13.9. The molecule has 35 heavy (non-hydrogen) atoms. The summed E-state index contributed by atoms with van der Waals surface area (Å²) in [4.78, 5) is 50.3. The Kier molecular flexibility index (Phi) is 6.51. The number of nitrogens with one attached hydrogen (secondary N) is 1. The molecule has 0 bridgehead atoms. The van der Waals surface area contributed by atoms with E-state index in [-0.39, 0.29) is 42.4 Å². The number of hydrogen-bond acceptors (Lipinski definition) is 6. The first-order valence-corrected chi connectivity index (χ1v) is 12.4. The number of pyridine rings is 1. The van der Waals surface area contributed by atoms with Crippen LogP contribution < -0.4 is 10.9 Å². The molecule has 4 heterocycles. The predicted octanol–water partition coefficient (Wildman–Crippen LogP) is 1.67. The number of aromatic nitrogens is 3. The Morgan fingerprint density at radius 1 is 1.23 bits per heavy atom. The number of fused-ring (bicyclic) bond motifs is 3. The topological polar surface area (TPSA) is 117 Å². The van der Waals surface area contributed by atoms with E-state index in [2.05, 4.69) is 15.3 Å². The fourth-order valence-electron chi connectivity index (χ4n) is 6.14. The maximum atomic E-state index is 13.9. The molecule has 3 aliphatic rings. The number of hydrogen-bond donors (Lipinski definition) is 2. The lowest BCUT2D eigenvalue weighted by Gasteiger charge is -2.33. The number of aliphatic hydroxyl groups is 1. The lowest BCUT2D eigenvalue weighted by atomic mass is 9.88. The normalized spacial score (nSPS) is 25.7. The van der Waals surface area contributed by atoms with E-state index in [1.807, 2.05) is 19.1 Å². The average Bonchev–Trinajstić information content (AvgIpc) is 3.60. The molecule has 2 aromatic heterocycles. The molecule has 2 fully saturated rings. The van der Waals surface area contributed by atoms with Crippen molar-refractivity contribution in [1.29, 1.82) is 0 Å². The minimum atomic E-state index is -0.802. The highest BCUT2D eigenvalue weighted by atomic mass is 16.3. The van der Waals surface area contributed by atoms with Gasteiger partial charge in [-0.3, -0.25) is 14.4 Å². The SMILES string of the molecule is C/C=C/c1ccc2n(c1=O)C[C@@H]1[C@@H](CO)[C@H](C(=O)NCc3ccncn3)N(C(=O)C3CCCC3)[C@H]21. The average molecular weight is 478 g/mol. The highest BCUT2D eigenvalue weighted by Gasteiger charge is 2.58. The third-order valence-electron chi connectivity index (χ3n) is 7.77. The van der Waals surface area contributed by atoms with Crippen LogP contribution in [0.1, 0.15) is 55.6 Å². The van der Waals surface area contributed by atoms with Crippen LogP contribution in [0.3, 0.4) is 0 Å². The fraction of sp³-hybridized carbons (Fsp3) is 0.500. The quantitative estimate of drug-likeness (QED) is 0.654. The second-order valence-electron chi connectivity index (χ2n) is 9.67. The number of rotatable bonds is 6. The third-order valence-corrected chi connectivity index (χ3v) is 7.77. The van der Waals surface area contributed by atoms with E-state index in [9.17, 15) is 19.5 Å². The van der Waals surface area contributed by atoms with Crippen LogP contribution in [0.4, 0.5) is 0 Å². The standard InChI is InChI=1S/C26H31N5O4/c1-2-5-16-8-9-21-22-19(13-30(21)25(16)34)20(14-32)23(31(22)26(35)17-6-3-4-7-17)24(33)28-12-18-10-11-27-15-29-18/h2,5,8-11,15,17,19-20,22-23,32H,3-4,6-7,12-14H2,1H3,(H,28,33)/b5-2+/t19-,20-,22+,23-/m1/s1. The molecule has 4 atom stereocenters. The number of aliphatic hydroxyl groups excluding tert-OH is 1. The Morgan fingerprint density at radius 2 is 2.03 bits per heavy atom. The van der Waals surface area contributed by atoms with Crippen molar-refractivity contribution in [2.75, 3.05) is 6.61 Å². The second kappa shape index (κ2) is 9.73. The van der Waals surface area contributed by atoms with Gasteiger partial charge in [0.05, 0.1) is 18.3 Å². The van der Waals surface area contributed by atoms with E-state index in [0.29, 0.717) is 17.8 Å². The molecule has 9 heteroatoms. The summed E-state index contributed by atoms with van der Waals surface area (Å²) in [7, 11) is 0. The maximum Gasteiger partial charge on any atom is 0.258 e. The summed E-state index contributed by atoms with van der Waals surface area (Å²) in [6.45, 7) is 2.20. The second-order valence-corrected chi connectivity index (χ2v) is 9.67. The predicted molar refractivity (Wildman–Crippen MR) is 129 cm³/mol. The van der Waals surface area contributed by atoms with Crippen LogP contribution in [0.25, 0.3) is 6.08 Å². The lowest BCUT2D eigenvalue weighted by Crippen LogP contribution is -2.51. The Hall–Kier alpha value is -3.33. The highest BCUT2D eigenvalue weighted by molar-refractivity contribution is 5.90. The van der Waals surface area contributed by atoms with Crippen molar-refractivity contribution in [3.63, 3.8) is 0 Å². The van der Waals surface area contributed by atoms with Crippen LogP contribution in [0.15, 0.2) is 41.6 Å². The lowest BCUT2D eigenvalue weighted by molar-refractivity contribution is -0.145. The molecule has 0 unspecified atom stereocenters. The number of carbonyl (C=O) groups is 2. The molecule has 184 valence electrons. The highest BCUT2D eigenvalue weighted by Crippen LogP contribution is 2.50. The number of likely N-dealkylation sites (tertiary alicyclic amines) is 1. The van der Waals surface area contributed by atoms with Gasteiger partial charge in [-0.15, -0.1) is 0 Å². The van der Waals surface area contributed by atoms with Crippen molar-refractivity contribution < 1.29 is 14.7 Å². The zero-order valence-corrected chi connectivity index (χ0v) is 19.8. The molecular weight excluding hydrogens is 446 g/mol. The molecular formula is C26H31N5O4. The molecule has 1 saturated carbocycles. The Bertz CT molecular complexity index is 1190. The smallest absolute Gasteiger partial charge is 0.258 e. The Balaban J connectivity index is 1.52. The van der Waals surface area contributed by atoms with Gasteiger partial charge in [-0.1, -0.05) is 25.0 Å².